The van der Waals surface area contributed by atoms with Crippen LogP contribution in [0.4, 0.5) is 4.39 Å². The standard InChI is InChI=1S/C13H11BrFNO/c1-9-3-2-4-10(16-9)8-17-11-5-6-13(15)12(14)7-11/h2-7H,8H2,1H3. The van der Waals surface area contributed by atoms with Crippen molar-refractivity contribution < 1.29 is 9.13 Å². The SMILES string of the molecule is Cc1cccc(COc2ccc(F)c(Br)c2)n1. The van der Waals surface area contributed by atoms with E-state index in [1.165, 1.54) is 6.07 Å². The lowest BCUT2D eigenvalue weighted by Gasteiger charge is -2.06. The third-order valence-electron chi connectivity index (χ3n) is 2.22. The van der Waals surface area contributed by atoms with Gasteiger partial charge in [-0.25, -0.2) is 4.39 Å². The Balaban J connectivity index is 2.05. The number of benzene rings is 1. The van der Waals surface area contributed by atoms with Crippen LogP contribution in [-0.2, 0) is 6.61 Å². The zero-order valence-corrected chi connectivity index (χ0v) is 10.9. The topological polar surface area (TPSA) is 22.1 Å². The highest BCUT2D eigenvalue weighted by molar-refractivity contribution is 9.10. The normalized spacial score (nSPS) is 10.3. The fraction of sp³-hybridized carbons (Fsp3) is 0.154. The van der Waals surface area contributed by atoms with Crippen molar-refractivity contribution in [3.8, 4) is 5.75 Å². The van der Waals surface area contributed by atoms with Crippen molar-refractivity contribution in [1.29, 1.82) is 0 Å². The molecule has 0 radical (unpaired) electrons. The summed E-state index contributed by atoms with van der Waals surface area (Å²) in [5.74, 6) is 0.313. The summed E-state index contributed by atoms with van der Waals surface area (Å²) >= 11 is 3.11. The molecule has 2 rings (SSSR count). The molecule has 17 heavy (non-hydrogen) atoms. The van der Waals surface area contributed by atoms with Crippen LogP contribution in [0.2, 0.25) is 0 Å². The van der Waals surface area contributed by atoms with Crippen LogP contribution in [-0.4, -0.2) is 4.98 Å². The quantitative estimate of drug-likeness (QED) is 0.857. The van der Waals surface area contributed by atoms with Crippen LogP contribution in [0.5, 0.6) is 5.75 Å². The first-order valence-corrected chi connectivity index (χ1v) is 5.95. The first kappa shape index (κ1) is 12.0. The van der Waals surface area contributed by atoms with Gasteiger partial charge in [0.05, 0.1) is 10.2 Å². The molecule has 2 aromatic rings. The third kappa shape index (κ3) is 3.27. The van der Waals surface area contributed by atoms with Gasteiger partial charge in [-0.2, -0.15) is 0 Å². The Bertz CT molecular complexity index is 531. The van der Waals surface area contributed by atoms with Gasteiger partial charge in [-0.05, 0) is 53.2 Å². The molecular weight excluding hydrogens is 285 g/mol. The Morgan fingerprint density at radius 1 is 1.29 bits per heavy atom. The van der Waals surface area contributed by atoms with Gasteiger partial charge in [0, 0.05) is 5.69 Å². The number of aromatic nitrogens is 1. The van der Waals surface area contributed by atoms with E-state index < -0.39 is 0 Å². The predicted octanol–water partition coefficient (Wildman–Crippen LogP) is 3.87. The first-order chi connectivity index (χ1) is 8.15. The maximum absolute atomic E-state index is 13.0. The van der Waals surface area contributed by atoms with Gasteiger partial charge < -0.3 is 4.74 Å². The van der Waals surface area contributed by atoms with E-state index in [9.17, 15) is 4.39 Å². The number of ether oxygens (including phenoxy) is 1. The molecule has 0 aliphatic carbocycles. The van der Waals surface area contributed by atoms with Crippen molar-refractivity contribution in [3.63, 3.8) is 0 Å². The Hall–Kier alpha value is -1.42. The van der Waals surface area contributed by atoms with Gasteiger partial charge in [-0.15, -0.1) is 0 Å². The zero-order chi connectivity index (χ0) is 12.3. The van der Waals surface area contributed by atoms with Crippen LogP contribution in [0.1, 0.15) is 11.4 Å². The van der Waals surface area contributed by atoms with E-state index in [1.807, 2.05) is 25.1 Å². The van der Waals surface area contributed by atoms with Crippen LogP contribution in [0.25, 0.3) is 0 Å². The molecule has 0 saturated heterocycles. The monoisotopic (exact) mass is 295 g/mol. The Labute approximate surface area is 108 Å². The van der Waals surface area contributed by atoms with Gasteiger partial charge in [-0.1, -0.05) is 6.07 Å². The van der Waals surface area contributed by atoms with E-state index >= 15 is 0 Å². The molecule has 1 aromatic heterocycles. The van der Waals surface area contributed by atoms with E-state index in [0.717, 1.165) is 11.4 Å². The minimum absolute atomic E-state index is 0.300. The summed E-state index contributed by atoms with van der Waals surface area (Å²) in [5, 5.41) is 0. The maximum atomic E-state index is 13.0. The molecule has 0 aliphatic heterocycles. The second kappa shape index (κ2) is 5.27. The van der Waals surface area contributed by atoms with Gasteiger partial charge in [0.15, 0.2) is 0 Å². The Kier molecular flexibility index (Phi) is 3.74. The van der Waals surface area contributed by atoms with Crippen LogP contribution in [0, 0.1) is 12.7 Å². The summed E-state index contributed by atoms with van der Waals surface area (Å²) in [6.45, 7) is 2.30. The molecule has 0 amide bonds. The van der Waals surface area contributed by atoms with Crippen molar-refractivity contribution >= 4 is 15.9 Å². The minimum Gasteiger partial charge on any atom is -0.487 e. The minimum atomic E-state index is -0.300. The molecule has 0 fully saturated rings. The second-order valence-electron chi connectivity index (χ2n) is 3.63. The van der Waals surface area contributed by atoms with E-state index in [-0.39, 0.29) is 5.82 Å². The predicted molar refractivity (Wildman–Crippen MR) is 67.4 cm³/mol. The third-order valence-corrected chi connectivity index (χ3v) is 2.83. The lowest BCUT2D eigenvalue weighted by atomic mass is 10.3. The molecule has 0 N–H and O–H groups in total. The van der Waals surface area contributed by atoms with Crippen molar-refractivity contribution in [2.45, 2.75) is 13.5 Å². The number of aryl methyl sites for hydroxylation is 1. The van der Waals surface area contributed by atoms with Crippen molar-refractivity contribution in [2.75, 3.05) is 0 Å². The van der Waals surface area contributed by atoms with Gasteiger partial charge in [-0.3, -0.25) is 4.98 Å². The largest absolute Gasteiger partial charge is 0.487 e. The highest BCUT2D eigenvalue weighted by Gasteiger charge is 2.02. The first-order valence-electron chi connectivity index (χ1n) is 5.15. The lowest BCUT2D eigenvalue weighted by molar-refractivity contribution is 0.300. The van der Waals surface area contributed by atoms with Gasteiger partial charge in [0.2, 0.25) is 0 Å². The number of nitrogens with zero attached hydrogens (tertiary/aromatic N) is 1. The summed E-state index contributed by atoms with van der Waals surface area (Å²) in [5.41, 5.74) is 1.80. The van der Waals surface area contributed by atoms with Crippen LogP contribution < -0.4 is 4.74 Å². The van der Waals surface area contributed by atoms with E-state index in [4.69, 9.17) is 4.74 Å². The van der Waals surface area contributed by atoms with Gasteiger partial charge >= 0.3 is 0 Å². The average Bonchev–Trinajstić information content (AvgIpc) is 2.31. The molecule has 0 spiro atoms. The van der Waals surface area contributed by atoms with E-state index in [1.54, 1.807) is 12.1 Å². The molecule has 88 valence electrons. The van der Waals surface area contributed by atoms with Crippen molar-refractivity contribution in [2.24, 2.45) is 0 Å². The fourth-order valence-electron chi connectivity index (χ4n) is 1.40. The molecule has 1 heterocycles. The zero-order valence-electron chi connectivity index (χ0n) is 9.28. The summed E-state index contributed by atoms with van der Waals surface area (Å²) in [6, 6.07) is 10.3. The van der Waals surface area contributed by atoms with E-state index in [2.05, 4.69) is 20.9 Å². The summed E-state index contributed by atoms with van der Waals surface area (Å²) in [7, 11) is 0. The Morgan fingerprint density at radius 2 is 2.12 bits per heavy atom. The molecule has 0 bridgehead atoms. The molecule has 0 aliphatic rings. The lowest BCUT2D eigenvalue weighted by Crippen LogP contribution is -1.99. The summed E-state index contributed by atoms with van der Waals surface area (Å²) < 4.78 is 18.9. The Morgan fingerprint density at radius 3 is 2.82 bits per heavy atom. The van der Waals surface area contributed by atoms with Gasteiger partial charge in [0.25, 0.3) is 0 Å². The molecular formula is C13H11BrFNO. The average molecular weight is 296 g/mol. The fourth-order valence-corrected chi connectivity index (χ4v) is 1.76. The summed E-state index contributed by atoms with van der Waals surface area (Å²) in [4.78, 5) is 4.32. The maximum Gasteiger partial charge on any atom is 0.137 e. The van der Waals surface area contributed by atoms with Crippen LogP contribution in [0.15, 0.2) is 40.9 Å². The summed E-state index contributed by atoms with van der Waals surface area (Å²) in [6.07, 6.45) is 0. The molecule has 4 heteroatoms. The van der Waals surface area contributed by atoms with Crippen LogP contribution >= 0.6 is 15.9 Å². The second-order valence-corrected chi connectivity index (χ2v) is 4.49. The van der Waals surface area contributed by atoms with Crippen molar-refractivity contribution in [1.82, 2.24) is 4.98 Å². The number of pyridine rings is 1. The van der Waals surface area contributed by atoms with Crippen molar-refractivity contribution in [3.05, 3.63) is 58.1 Å². The molecule has 0 saturated carbocycles. The molecule has 0 unspecified atom stereocenters. The molecule has 1 aromatic carbocycles. The highest BCUT2D eigenvalue weighted by atomic mass is 79.9. The number of halogens is 2. The highest BCUT2D eigenvalue weighted by Crippen LogP contribution is 2.22. The number of hydrogen-bond acceptors (Lipinski definition) is 2. The van der Waals surface area contributed by atoms with Crippen LogP contribution in [0.3, 0.4) is 0 Å². The molecule has 0 atom stereocenters. The molecule has 2 nitrogen and oxygen atoms in total. The van der Waals surface area contributed by atoms with Gasteiger partial charge in [0.1, 0.15) is 18.2 Å². The van der Waals surface area contributed by atoms with E-state index in [0.29, 0.717) is 16.8 Å². The number of hydrogen-bond donors (Lipinski definition) is 0. The smallest absolute Gasteiger partial charge is 0.137 e. The number of rotatable bonds is 3.